The highest BCUT2D eigenvalue weighted by atomic mass is 16.5. The number of nitrogen functional groups attached to an aromatic ring is 1. The van der Waals surface area contributed by atoms with Crippen molar-refractivity contribution in [1.29, 1.82) is 0 Å². The summed E-state index contributed by atoms with van der Waals surface area (Å²) in [6.45, 7) is 3.27. The monoisotopic (exact) mass is 352 g/mol. The molecular weight excluding hydrogens is 332 g/mol. The number of carbonyl (C=O) groups excluding carboxylic acids is 2. The number of fused-ring (bicyclic) bond motifs is 1. The van der Waals surface area contributed by atoms with Crippen molar-refractivity contribution in [2.45, 2.75) is 19.9 Å². The SMILES string of the molecule is Cc1ccc(C(=O)OCC(=O)N[C@H](C)c2cc3ccccc3o2)cc1N. The van der Waals surface area contributed by atoms with Crippen molar-refractivity contribution in [1.82, 2.24) is 5.32 Å². The first-order valence-corrected chi connectivity index (χ1v) is 8.25. The number of carbonyl (C=O) groups is 2. The van der Waals surface area contributed by atoms with Crippen molar-refractivity contribution >= 4 is 28.5 Å². The van der Waals surface area contributed by atoms with Crippen LogP contribution in [0.2, 0.25) is 0 Å². The molecule has 1 heterocycles. The van der Waals surface area contributed by atoms with Crippen molar-refractivity contribution in [2.24, 2.45) is 0 Å². The highest BCUT2D eigenvalue weighted by Crippen LogP contribution is 2.23. The lowest BCUT2D eigenvalue weighted by Crippen LogP contribution is -2.31. The number of ether oxygens (including phenoxy) is 1. The Morgan fingerprint density at radius 1 is 1.19 bits per heavy atom. The second kappa shape index (κ2) is 7.31. The van der Waals surface area contributed by atoms with Gasteiger partial charge in [-0.15, -0.1) is 0 Å². The Morgan fingerprint density at radius 2 is 1.96 bits per heavy atom. The summed E-state index contributed by atoms with van der Waals surface area (Å²) < 4.78 is 10.8. The largest absolute Gasteiger partial charge is 0.459 e. The molecule has 2 aromatic carbocycles. The normalized spacial score (nSPS) is 11.9. The summed E-state index contributed by atoms with van der Waals surface area (Å²) in [5, 5.41) is 3.71. The summed E-state index contributed by atoms with van der Waals surface area (Å²) >= 11 is 0. The third-order valence-electron chi connectivity index (χ3n) is 4.10. The van der Waals surface area contributed by atoms with Crippen LogP contribution in [0.5, 0.6) is 0 Å². The Balaban J connectivity index is 1.56. The molecule has 0 aliphatic heterocycles. The van der Waals surface area contributed by atoms with E-state index in [2.05, 4.69) is 5.32 Å². The van der Waals surface area contributed by atoms with Gasteiger partial charge in [-0.05, 0) is 43.7 Å². The van der Waals surface area contributed by atoms with Crippen LogP contribution in [0, 0.1) is 6.92 Å². The first kappa shape index (κ1) is 17.5. The van der Waals surface area contributed by atoms with E-state index in [1.165, 1.54) is 6.07 Å². The predicted molar refractivity (Wildman–Crippen MR) is 98.6 cm³/mol. The molecule has 0 radical (unpaired) electrons. The lowest BCUT2D eigenvalue weighted by molar-refractivity contribution is -0.125. The zero-order chi connectivity index (χ0) is 18.7. The second-order valence-corrected chi connectivity index (χ2v) is 6.12. The lowest BCUT2D eigenvalue weighted by atomic mass is 10.1. The summed E-state index contributed by atoms with van der Waals surface area (Å²) in [5.41, 5.74) is 8.22. The molecule has 3 aromatic rings. The summed E-state index contributed by atoms with van der Waals surface area (Å²) in [7, 11) is 0. The average Bonchev–Trinajstić information content (AvgIpc) is 3.06. The molecule has 1 aromatic heterocycles. The van der Waals surface area contributed by atoms with E-state index in [9.17, 15) is 9.59 Å². The van der Waals surface area contributed by atoms with E-state index in [0.29, 0.717) is 17.0 Å². The van der Waals surface area contributed by atoms with Crippen LogP contribution in [0.4, 0.5) is 5.69 Å². The van der Waals surface area contributed by atoms with Crippen LogP contribution >= 0.6 is 0 Å². The molecule has 1 atom stereocenters. The molecule has 0 saturated heterocycles. The quantitative estimate of drug-likeness (QED) is 0.542. The molecule has 134 valence electrons. The first-order valence-electron chi connectivity index (χ1n) is 8.25. The fourth-order valence-corrected chi connectivity index (χ4v) is 2.55. The van der Waals surface area contributed by atoms with Gasteiger partial charge in [-0.2, -0.15) is 0 Å². The minimum atomic E-state index is -0.594. The van der Waals surface area contributed by atoms with Gasteiger partial charge in [0.15, 0.2) is 6.61 Å². The number of benzene rings is 2. The van der Waals surface area contributed by atoms with Crippen molar-refractivity contribution in [2.75, 3.05) is 12.3 Å². The van der Waals surface area contributed by atoms with E-state index in [1.54, 1.807) is 19.1 Å². The van der Waals surface area contributed by atoms with Crippen molar-refractivity contribution < 1.29 is 18.7 Å². The molecule has 0 spiro atoms. The molecule has 3 rings (SSSR count). The molecule has 6 heteroatoms. The number of nitrogens with two attached hydrogens (primary N) is 1. The summed E-state index contributed by atoms with van der Waals surface area (Å²) in [5.74, 6) is -0.369. The summed E-state index contributed by atoms with van der Waals surface area (Å²) in [6, 6.07) is 14.0. The van der Waals surface area contributed by atoms with Gasteiger partial charge in [0.05, 0.1) is 11.6 Å². The molecule has 0 bridgehead atoms. The van der Waals surface area contributed by atoms with Crippen molar-refractivity contribution in [3.63, 3.8) is 0 Å². The Bertz CT molecular complexity index is 928. The van der Waals surface area contributed by atoms with E-state index in [1.807, 2.05) is 37.3 Å². The highest BCUT2D eigenvalue weighted by molar-refractivity contribution is 5.92. The summed E-state index contributed by atoms with van der Waals surface area (Å²) in [4.78, 5) is 24.1. The van der Waals surface area contributed by atoms with Crippen LogP contribution in [-0.4, -0.2) is 18.5 Å². The first-order chi connectivity index (χ1) is 12.4. The third kappa shape index (κ3) is 3.85. The number of esters is 1. The fraction of sp³-hybridized carbons (Fsp3) is 0.200. The molecule has 1 amide bonds. The van der Waals surface area contributed by atoms with Gasteiger partial charge in [-0.25, -0.2) is 4.79 Å². The zero-order valence-electron chi connectivity index (χ0n) is 14.6. The van der Waals surface area contributed by atoms with E-state index >= 15 is 0 Å². The van der Waals surface area contributed by atoms with Crippen LogP contribution in [0.3, 0.4) is 0 Å². The number of hydrogen-bond donors (Lipinski definition) is 2. The van der Waals surface area contributed by atoms with Gasteiger partial charge in [-0.3, -0.25) is 4.79 Å². The Hall–Kier alpha value is -3.28. The smallest absolute Gasteiger partial charge is 0.338 e. The van der Waals surface area contributed by atoms with Crippen molar-refractivity contribution in [3.05, 3.63) is 65.4 Å². The number of amides is 1. The Labute approximate surface area is 150 Å². The minimum absolute atomic E-state index is 0.311. The predicted octanol–water partition coefficient (Wildman–Crippen LogP) is 3.36. The Morgan fingerprint density at radius 3 is 2.69 bits per heavy atom. The molecule has 3 N–H and O–H groups in total. The lowest BCUT2D eigenvalue weighted by Gasteiger charge is -2.12. The number of nitrogens with one attached hydrogen (secondary N) is 1. The molecule has 0 aliphatic rings. The minimum Gasteiger partial charge on any atom is -0.459 e. The maximum atomic E-state index is 12.0. The Kier molecular flexibility index (Phi) is 4.93. The van der Waals surface area contributed by atoms with Gasteiger partial charge in [0.2, 0.25) is 0 Å². The van der Waals surface area contributed by atoms with Gasteiger partial charge in [-0.1, -0.05) is 24.3 Å². The van der Waals surface area contributed by atoms with Crippen LogP contribution in [0.1, 0.15) is 34.6 Å². The number of aryl methyl sites for hydroxylation is 1. The van der Waals surface area contributed by atoms with Crippen molar-refractivity contribution in [3.8, 4) is 0 Å². The standard InChI is InChI=1S/C20H20N2O4/c1-12-7-8-15(9-16(12)21)20(24)25-11-19(23)22-13(2)18-10-14-5-3-4-6-17(14)26-18/h3-10,13H,11,21H2,1-2H3,(H,22,23)/t13-/m1/s1. The van der Waals surface area contributed by atoms with Crippen LogP contribution in [-0.2, 0) is 9.53 Å². The third-order valence-corrected chi connectivity index (χ3v) is 4.10. The average molecular weight is 352 g/mol. The molecule has 6 nitrogen and oxygen atoms in total. The number of rotatable bonds is 5. The number of hydrogen-bond acceptors (Lipinski definition) is 5. The number of para-hydroxylation sites is 1. The second-order valence-electron chi connectivity index (χ2n) is 6.12. The molecule has 0 fully saturated rings. The maximum Gasteiger partial charge on any atom is 0.338 e. The highest BCUT2D eigenvalue weighted by Gasteiger charge is 2.16. The van der Waals surface area contributed by atoms with Gasteiger partial charge in [0.1, 0.15) is 11.3 Å². The van der Waals surface area contributed by atoms with Crippen LogP contribution in [0.15, 0.2) is 52.9 Å². The van der Waals surface area contributed by atoms with Gasteiger partial charge < -0.3 is 20.2 Å². The van der Waals surface area contributed by atoms with Crippen LogP contribution < -0.4 is 11.1 Å². The van der Waals surface area contributed by atoms with Gasteiger partial charge in [0, 0.05) is 11.1 Å². The van der Waals surface area contributed by atoms with Crippen LogP contribution in [0.25, 0.3) is 11.0 Å². The van der Waals surface area contributed by atoms with E-state index in [0.717, 1.165) is 16.5 Å². The molecular formula is C20H20N2O4. The van der Waals surface area contributed by atoms with Gasteiger partial charge in [0.25, 0.3) is 5.91 Å². The molecule has 0 saturated carbocycles. The maximum absolute atomic E-state index is 12.0. The molecule has 26 heavy (non-hydrogen) atoms. The topological polar surface area (TPSA) is 94.6 Å². The molecule has 0 unspecified atom stereocenters. The number of furan rings is 1. The van der Waals surface area contributed by atoms with Gasteiger partial charge >= 0.3 is 5.97 Å². The molecule has 0 aliphatic carbocycles. The fourth-order valence-electron chi connectivity index (χ4n) is 2.55. The number of anilines is 1. The zero-order valence-corrected chi connectivity index (χ0v) is 14.6. The van der Waals surface area contributed by atoms with E-state index < -0.39 is 11.9 Å². The van der Waals surface area contributed by atoms with E-state index in [-0.39, 0.29) is 12.6 Å². The van der Waals surface area contributed by atoms with E-state index in [4.69, 9.17) is 14.9 Å². The summed E-state index contributed by atoms with van der Waals surface area (Å²) in [6.07, 6.45) is 0.